The molecule has 25 heavy (non-hydrogen) atoms. The number of nitrogens with one attached hydrogen (secondary N) is 1. The first-order valence-electron chi connectivity index (χ1n) is 8.45. The van der Waals surface area contributed by atoms with Crippen LogP contribution in [-0.4, -0.2) is 52.7 Å². The summed E-state index contributed by atoms with van der Waals surface area (Å²) in [7, 11) is 0. The van der Waals surface area contributed by atoms with Gasteiger partial charge in [-0.25, -0.2) is 4.39 Å². The lowest BCUT2D eigenvalue weighted by molar-refractivity contribution is -0.125. The van der Waals surface area contributed by atoms with Crippen LogP contribution in [0.1, 0.15) is 42.1 Å². The summed E-state index contributed by atoms with van der Waals surface area (Å²) in [5, 5.41) is 12.6. The van der Waals surface area contributed by atoms with Crippen molar-refractivity contribution in [3.05, 3.63) is 33.8 Å². The second-order valence-corrected chi connectivity index (χ2v) is 8.76. The Labute approximate surface area is 153 Å². The molecule has 1 aromatic rings. The second kappa shape index (κ2) is 5.51. The van der Waals surface area contributed by atoms with Gasteiger partial charge in [-0.15, -0.1) is 0 Å². The Balaban J connectivity index is 1.49. The van der Waals surface area contributed by atoms with Crippen LogP contribution in [0.4, 0.5) is 4.39 Å². The maximum absolute atomic E-state index is 14.2. The third-order valence-corrected chi connectivity index (χ3v) is 6.06. The van der Waals surface area contributed by atoms with Crippen molar-refractivity contribution in [2.24, 2.45) is 0 Å². The average molecular weight is 411 g/mol. The first-order chi connectivity index (χ1) is 11.7. The Kier molecular flexibility index (Phi) is 3.74. The number of amides is 2. The highest BCUT2D eigenvalue weighted by atomic mass is 79.9. The molecule has 2 aliphatic carbocycles. The first-order valence-corrected chi connectivity index (χ1v) is 9.25. The normalized spacial score (nSPS) is 36.0. The minimum atomic E-state index is -0.985. The fourth-order valence-corrected chi connectivity index (χ4v) is 4.53. The van der Waals surface area contributed by atoms with Crippen molar-refractivity contribution < 1.29 is 19.1 Å². The number of benzene rings is 1. The molecule has 0 bridgehead atoms. The Morgan fingerprint density at radius 3 is 2.72 bits per heavy atom. The molecule has 0 aromatic heterocycles. The van der Waals surface area contributed by atoms with E-state index in [1.807, 2.05) is 6.07 Å². The molecule has 2 atom stereocenters. The Morgan fingerprint density at radius 2 is 2.12 bits per heavy atom. The zero-order chi connectivity index (χ0) is 18.0. The number of rotatable bonds is 3. The van der Waals surface area contributed by atoms with Crippen LogP contribution in [0.3, 0.4) is 0 Å². The number of hydrogen-bond acceptors (Lipinski definition) is 3. The van der Waals surface area contributed by atoms with E-state index >= 15 is 0 Å². The van der Waals surface area contributed by atoms with Crippen LogP contribution in [0.2, 0.25) is 0 Å². The van der Waals surface area contributed by atoms with Gasteiger partial charge in [-0.2, -0.15) is 0 Å². The fourth-order valence-electron chi connectivity index (χ4n) is 4.16. The maximum atomic E-state index is 14.2. The third kappa shape index (κ3) is 2.87. The van der Waals surface area contributed by atoms with Crippen LogP contribution in [-0.2, 0) is 10.2 Å². The summed E-state index contributed by atoms with van der Waals surface area (Å²) in [4.78, 5) is 26.4. The van der Waals surface area contributed by atoms with Crippen LogP contribution in [0.5, 0.6) is 0 Å². The third-order valence-electron chi connectivity index (χ3n) is 5.56. The molecule has 134 valence electrons. The van der Waals surface area contributed by atoms with Gasteiger partial charge in [0.15, 0.2) is 0 Å². The molecule has 0 unspecified atom stereocenters. The average Bonchev–Trinajstić information content (AvgIpc) is 3.13. The topological polar surface area (TPSA) is 69.6 Å². The largest absolute Gasteiger partial charge is 0.390 e. The molecule has 5 nitrogen and oxygen atoms in total. The zero-order valence-corrected chi connectivity index (χ0v) is 15.5. The van der Waals surface area contributed by atoms with E-state index < -0.39 is 17.2 Å². The molecule has 1 spiro atoms. The van der Waals surface area contributed by atoms with Gasteiger partial charge in [-0.3, -0.25) is 9.59 Å². The molecular formula is C18H20BrFN2O3. The summed E-state index contributed by atoms with van der Waals surface area (Å²) in [5.74, 6) is -0.497. The van der Waals surface area contributed by atoms with Gasteiger partial charge >= 0.3 is 0 Å². The van der Waals surface area contributed by atoms with Crippen molar-refractivity contribution in [2.45, 2.75) is 49.4 Å². The van der Waals surface area contributed by atoms with Gasteiger partial charge in [0.2, 0.25) is 5.91 Å². The summed E-state index contributed by atoms with van der Waals surface area (Å²) >= 11 is 3.38. The number of halogens is 2. The van der Waals surface area contributed by atoms with E-state index in [1.54, 1.807) is 19.1 Å². The van der Waals surface area contributed by atoms with Crippen molar-refractivity contribution >= 4 is 27.7 Å². The molecule has 2 N–H and O–H groups in total. The minimum absolute atomic E-state index is 0.0607. The second-order valence-electron chi connectivity index (χ2n) is 7.85. The van der Waals surface area contributed by atoms with Crippen LogP contribution >= 0.6 is 15.9 Å². The number of carbonyl (C=O) groups is 2. The highest BCUT2D eigenvalue weighted by molar-refractivity contribution is 9.10. The van der Waals surface area contributed by atoms with Crippen LogP contribution in [0.15, 0.2) is 22.7 Å². The number of fused-ring (bicyclic) bond motifs is 2. The van der Waals surface area contributed by atoms with Crippen LogP contribution in [0.25, 0.3) is 0 Å². The molecule has 3 aliphatic rings. The molecular weight excluding hydrogens is 391 g/mol. The molecule has 2 amide bonds. The minimum Gasteiger partial charge on any atom is -0.390 e. The summed E-state index contributed by atoms with van der Waals surface area (Å²) in [5.41, 5.74) is -0.168. The van der Waals surface area contributed by atoms with Crippen LogP contribution < -0.4 is 5.32 Å². The van der Waals surface area contributed by atoms with Crippen molar-refractivity contribution in [1.29, 1.82) is 0 Å². The van der Waals surface area contributed by atoms with Gasteiger partial charge in [-0.1, -0.05) is 15.9 Å². The highest BCUT2D eigenvalue weighted by Gasteiger charge is 2.61. The summed E-state index contributed by atoms with van der Waals surface area (Å²) in [6.07, 6.45) is 0.425. The number of nitrogens with zero attached hydrogens (tertiary/aromatic N) is 1. The molecule has 7 heteroatoms. The van der Waals surface area contributed by atoms with Gasteiger partial charge in [0.1, 0.15) is 6.17 Å². The fraction of sp³-hybridized carbons (Fsp3) is 0.556. The van der Waals surface area contributed by atoms with Crippen molar-refractivity contribution in [3.63, 3.8) is 0 Å². The van der Waals surface area contributed by atoms with Gasteiger partial charge in [0, 0.05) is 28.0 Å². The van der Waals surface area contributed by atoms with Crippen molar-refractivity contribution in [1.82, 2.24) is 10.2 Å². The molecule has 1 aromatic carbocycles. The van der Waals surface area contributed by atoms with Gasteiger partial charge in [-0.05, 0) is 49.9 Å². The van der Waals surface area contributed by atoms with E-state index in [1.165, 1.54) is 4.90 Å². The van der Waals surface area contributed by atoms with Crippen molar-refractivity contribution in [2.75, 3.05) is 13.1 Å². The lowest BCUT2D eigenvalue weighted by Crippen LogP contribution is -2.56. The van der Waals surface area contributed by atoms with Crippen molar-refractivity contribution in [3.8, 4) is 0 Å². The molecule has 4 rings (SSSR count). The number of aliphatic hydroxyl groups is 1. The van der Waals surface area contributed by atoms with Gasteiger partial charge in [0.05, 0.1) is 12.1 Å². The van der Waals surface area contributed by atoms with E-state index in [4.69, 9.17) is 0 Å². The predicted octanol–water partition coefficient (Wildman–Crippen LogP) is 1.91. The van der Waals surface area contributed by atoms with E-state index in [-0.39, 0.29) is 30.9 Å². The Morgan fingerprint density at radius 1 is 1.44 bits per heavy atom. The SMILES string of the molecule is C[C@]1(O)C[C@H](NC(=O)CN2C[C@@]3(C[C@@H]3F)c3cc(Br)ccc3C2=O)C1. The van der Waals surface area contributed by atoms with E-state index in [2.05, 4.69) is 21.2 Å². The molecule has 1 aliphatic heterocycles. The van der Waals surface area contributed by atoms with Gasteiger partial charge in [0.25, 0.3) is 5.91 Å². The molecule has 2 saturated carbocycles. The lowest BCUT2D eigenvalue weighted by atomic mass is 9.77. The summed E-state index contributed by atoms with van der Waals surface area (Å²) < 4.78 is 15.0. The first kappa shape index (κ1) is 17.0. The monoisotopic (exact) mass is 410 g/mol. The Hall–Kier alpha value is -1.47. The molecule has 2 fully saturated rings. The maximum Gasteiger partial charge on any atom is 0.254 e. The standard InChI is InChI=1S/C18H20BrFN2O3/c1-17(25)5-11(6-17)21-15(23)8-22-9-18(7-14(18)20)13-4-10(19)2-3-12(13)16(22)24/h2-4,11,14,25H,5-9H2,1H3,(H,21,23)/t11-,14-,17-,18-/m0/s1. The quantitative estimate of drug-likeness (QED) is 0.799. The molecule has 0 radical (unpaired) electrons. The van der Waals surface area contributed by atoms with Gasteiger partial charge < -0.3 is 15.3 Å². The van der Waals surface area contributed by atoms with E-state index in [0.717, 1.165) is 10.0 Å². The summed E-state index contributed by atoms with van der Waals surface area (Å²) in [6.45, 7) is 1.88. The van der Waals surface area contributed by atoms with E-state index in [0.29, 0.717) is 24.8 Å². The molecule has 1 heterocycles. The van der Waals surface area contributed by atoms with E-state index in [9.17, 15) is 19.1 Å². The zero-order valence-electron chi connectivity index (χ0n) is 13.9. The number of alkyl halides is 1. The highest BCUT2D eigenvalue weighted by Crippen LogP contribution is 2.54. The Bertz CT molecular complexity index is 761. The summed E-state index contributed by atoms with van der Waals surface area (Å²) in [6, 6.07) is 5.22. The number of hydrogen-bond donors (Lipinski definition) is 2. The predicted molar refractivity (Wildman–Crippen MR) is 93.0 cm³/mol. The number of carbonyl (C=O) groups excluding carboxylic acids is 2. The smallest absolute Gasteiger partial charge is 0.254 e. The lowest BCUT2D eigenvalue weighted by Gasteiger charge is -2.41. The molecule has 0 saturated heterocycles. The van der Waals surface area contributed by atoms with Crippen LogP contribution in [0, 0.1) is 0 Å².